The number of nitrogens with zero attached hydrogens (tertiary/aromatic N) is 4. The zero-order valence-electron chi connectivity index (χ0n) is 15.9. The molecule has 5 nitrogen and oxygen atoms in total. The molecule has 0 bridgehead atoms. The van der Waals surface area contributed by atoms with Gasteiger partial charge < -0.3 is 4.90 Å². The molecule has 0 N–H and O–H groups in total. The molecule has 1 aromatic heterocycles. The van der Waals surface area contributed by atoms with Crippen LogP contribution in [-0.4, -0.2) is 57.9 Å². The van der Waals surface area contributed by atoms with E-state index in [1.54, 1.807) is 12.4 Å². The lowest BCUT2D eigenvalue weighted by molar-refractivity contribution is 0.0758. The number of carbonyl (C=O) groups excluding carboxylic acids is 1. The van der Waals surface area contributed by atoms with Gasteiger partial charge in [-0.1, -0.05) is 24.3 Å². The Balaban J connectivity index is 1.27. The van der Waals surface area contributed by atoms with E-state index in [9.17, 15) is 4.79 Å². The smallest absolute Gasteiger partial charge is 0.253 e. The summed E-state index contributed by atoms with van der Waals surface area (Å²) in [6, 6.07) is 15.0. The molecule has 0 radical (unpaired) electrons. The topological polar surface area (TPSA) is 49.3 Å². The molecule has 5 rings (SSSR count). The SMILES string of the molecule is O=C(c1ccc2nccnc2c1)N1CCCN(C2Cc3ccccc3C2)CC1. The summed E-state index contributed by atoms with van der Waals surface area (Å²) >= 11 is 0. The maximum Gasteiger partial charge on any atom is 0.253 e. The summed E-state index contributed by atoms with van der Waals surface area (Å²) in [5.41, 5.74) is 5.27. The van der Waals surface area contributed by atoms with Crippen LogP contribution in [0.3, 0.4) is 0 Å². The summed E-state index contributed by atoms with van der Waals surface area (Å²) in [4.78, 5) is 26.3. The Labute approximate surface area is 165 Å². The van der Waals surface area contributed by atoms with Gasteiger partial charge in [0.25, 0.3) is 5.91 Å². The average Bonchev–Trinajstić information content (AvgIpc) is 3.02. The highest BCUT2D eigenvalue weighted by atomic mass is 16.2. The van der Waals surface area contributed by atoms with E-state index in [-0.39, 0.29) is 5.91 Å². The van der Waals surface area contributed by atoms with Crippen molar-refractivity contribution in [2.75, 3.05) is 26.2 Å². The van der Waals surface area contributed by atoms with E-state index < -0.39 is 0 Å². The minimum atomic E-state index is 0.101. The lowest BCUT2D eigenvalue weighted by atomic mass is 10.1. The molecule has 0 unspecified atom stereocenters. The normalized spacial score (nSPS) is 18.2. The zero-order valence-corrected chi connectivity index (χ0v) is 15.9. The fourth-order valence-electron chi connectivity index (χ4n) is 4.58. The maximum atomic E-state index is 13.1. The van der Waals surface area contributed by atoms with Crippen molar-refractivity contribution in [3.63, 3.8) is 0 Å². The number of rotatable bonds is 2. The van der Waals surface area contributed by atoms with Crippen LogP contribution in [0, 0.1) is 0 Å². The van der Waals surface area contributed by atoms with Gasteiger partial charge in [-0.2, -0.15) is 0 Å². The van der Waals surface area contributed by atoms with Crippen LogP contribution < -0.4 is 0 Å². The van der Waals surface area contributed by atoms with Crippen LogP contribution in [0.4, 0.5) is 0 Å². The van der Waals surface area contributed by atoms with E-state index >= 15 is 0 Å². The summed E-state index contributed by atoms with van der Waals surface area (Å²) in [7, 11) is 0. The van der Waals surface area contributed by atoms with Crippen molar-refractivity contribution in [1.29, 1.82) is 0 Å². The molecule has 1 saturated heterocycles. The van der Waals surface area contributed by atoms with Crippen LogP contribution in [0.25, 0.3) is 11.0 Å². The fraction of sp³-hybridized carbons (Fsp3) is 0.348. The van der Waals surface area contributed by atoms with E-state index in [2.05, 4.69) is 39.1 Å². The lowest BCUT2D eigenvalue weighted by Crippen LogP contribution is -2.40. The number of carbonyl (C=O) groups is 1. The molecule has 3 aromatic rings. The Hall–Kier alpha value is -2.79. The van der Waals surface area contributed by atoms with Gasteiger partial charge in [0.2, 0.25) is 0 Å². The molecule has 0 spiro atoms. The van der Waals surface area contributed by atoms with E-state index in [0.717, 1.165) is 56.5 Å². The van der Waals surface area contributed by atoms with Gasteiger partial charge in [-0.15, -0.1) is 0 Å². The number of hydrogen-bond acceptors (Lipinski definition) is 4. The second-order valence-corrected chi connectivity index (χ2v) is 7.77. The van der Waals surface area contributed by atoms with Crippen LogP contribution in [0.2, 0.25) is 0 Å². The molecule has 2 aromatic carbocycles. The van der Waals surface area contributed by atoms with Crippen LogP contribution in [-0.2, 0) is 12.8 Å². The van der Waals surface area contributed by atoms with Gasteiger partial charge in [-0.3, -0.25) is 19.7 Å². The first-order valence-electron chi connectivity index (χ1n) is 10.1. The van der Waals surface area contributed by atoms with Crippen molar-refractivity contribution in [2.24, 2.45) is 0 Å². The molecule has 142 valence electrons. The fourth-order valence-corrected chi connectivity index (χ4v) is 4.58. The van der Waals surface area contributed by atoms with Crippen molar-refractivity contribution in [2.45, 2.75) is 25.3 Å². The van der Waals surface area contributed by atoms with Crippen LogP contribution >= 0.6 is 0 Å². The van der Waals surface area contributed by atoms with Gasteiger partial charge in [0.1, 0.15) is 0 Å². The van der Waals surface area contributed by atoms with E-state index in [1.165, 1.54) is 11.1 Å². The van der Waals surface area contributed by atoms with Gasteiger partial charge in [0.15, 0.2) is 0 Å². The van der Waals surface area contributed by atoms with Gasteiger partial charge in [0, 0.05) is 50.2 Å². The third kappa shape index (κ3) is 3.27. The Morgan fingerprint density at radius 2 is 1.61 bits per heavy atom. The standard InChI is InChI=1S/C23H24N4O/c28-23(19-6-7-21-22(16-19)25-9-8-24-21)27-11-3-10-26(12-13-27)20-14-17-4-1-2-5-18(17)15-20/h1-2,4-9,16,20H,3,10-15H2. The van der Waals surface area contributed by atoms with Crippen molar-refractivity contribution in [3.05, 3.63) is 71.5 Å². The van der Waals surface area contributed by atoms with Crippen LogP contribution in [0.5, 0.6) is 0 Å². The Bertz CT molecular complexity index is 993. The van der Waals surface area contributed by atoms with Gasteiger partial charge in [-0.25, -0.2) is 0 Å². The minimum absolute atomic E-state index is 0.101. The first kappa shape index (κ1) is 17.3. The summed E-state index contributed by atoms with van der Waals surface area (Å²) in [5, 5.41) is 0. The van der Waals surface area contributed by atoms with Gasteiger partial charge in [0.05, 0.1) is 11.0 Å². The van der Waals surface area contributed by atoms with Gasteiger partial charge in [-0.05, 0) is 48.6 Å². The predicted octanol–water partition coefficient (Wildman–Crippen LogP) is 2.95. The zero-order chi connectivity index (χ0) is 18.9. The largest absolute Gasteiger partial charge is 0.337 e. The first-order chi connectivity index (χ1) is 13.8. The molecule has 28 heavy (non-hydrogen) atoms. The predicted molar refractivity (Wildman–Crippen MR) is 109 cm³/mol. The van der Waals surface area contributed by atoms with Crippen molar-refractivity contribution in [3.8, 4) is 0 Å². The molecule has 1 amide bonds. The third-order valence-electron chi connectivity index (χ3n) is 6.08. The molecular weight excluding hydrogens is 348 g/mol. The Morgan fingerprint density at radius 3 is 2.39 bits per heavy atom. The van der Waals surface area contributed by atoms with E-state index in [4.69, 9.17) is 0 Å². The highest BCUT2D eigenvalue weighted by molar-refractivity contribution is 5.97. The lowest BCUT2D eigenvalue weighted by Gasteiger charge is -2.27. The highest BCUT2D eigenvalue weighted by Gasteiger charge is 2.29. The third-order valence-corrected chi connectivity index (χ3v) is 6.08. The second-order valence-electron chi connectivity index (χ2n) is 7.77. The van der Waals surface area contributed by atoms with Crippen LogP contribution in [0.1, 0.15) is 27.9 Å². The molecule has 1 aliphatic carbocycles. The Morgan fingerprint density at radius 1 is 0.857 bits per heavy atom. The number of amides is 1. The average molecular weight is 372 g/mol. The Kier molecular flexibility index (Phi) is 4.53. The van der Waals surface area contributed by atoms with E-state index in [1.807, 2.05) is 23.1 Å². The molecule has 2 heterocycles. The molecule has 5 heteroatoms. The van der Waals surface area contributed by atoms with Crippen molar-refractivity contribution < 1.29 is 4.79 Å². The summed E-state index contributed by atoms with van der Waals surface area (Å²) in [5.74, 6) is 0.101. The number of benzene rings is 2. The molecule has 2 aliphatic rings. The molecular formula is C23H24N4O. The number of fused-ring (bicyclic) bond motifs is 2. The summed E-state index contributed by atoms with van der Waals surface area (Å²) in [6.45, 7) is 3.60. The summed E-state index contributed by atoms with van der Waals surface area (Å²) < 4.78 is 0. The highest BCUT2D eigenvalue weighted by Crippen LogP contribution is 2.26. The monoisotopic (exact) mass is 372 g/mol. The molecule has 0 saturated carbocycles. The minimum Gasteiger partial charge on any atom is -0.337 e. The molecule has 1 fully saturated rings. The maximum absolute atomic E-state index is 13.1. The molecule has 0 atom stereocenters. The van der Waals surface area contributed by atoms with Crippen LogP contribution in [0.15, 0.2) is 54.9 Å². The molecule has 1 aliphatic heterocycles. The number of aromatic nitrogens is 2. The first-order valence-corrected chi connectivity index (χ1v) is 10.1. The number of hydrogen-bond donors (Lipinski definition) is 0. The second kappa shape index (κ2) is 7.32. The summed E-state index contributed by atoms with van der Waals surface area (Å²) in [6.07, 6.45) is 6.63. The quantitative estimate of drug-likeness (QED) is 0.694. The van der Waals surface area contributed by atoms with Crippen molar-refractivity contribution in [1.82, 2.24) is 19.8 Å². The van der Waals surface area contributed by atoms with Gasteiger partial charge >= 0.3 is 0 Å². The van der Waals surface area contributed by atoms with E-state index in [0.29, 0.717) is 11.6 Å². The van der Waals surface area contributed by atoms with Crippen molar-refractivity contribution >= 4 is 16.9 Å².